The Bertz CT molecular complexity index is 509. The highest BCUT2D eigenvalue weighted by Gasteiger charge is 2.10. The largest absolute Gasteiger partial charge is 0.385 e. The number of benzene rings is 2. The molecule has 0 radical (unpaired) electrons. The molecule has 2 aromatic rings. The van der Waals surface area contributed by atoms with Crippen molar-refractivity contribution in [2.45, 2.75) is 27.2 Å². The molecule has 0 aliphatic heterocycles. The maximum absolute atomic E-state index is 3.57. The van der Waals surface area contributed by atoms with Gasteiger partial charge in [-0.3, -0.25) is 0 Å². The van der Waals surface area contributed by atoms with Crippen LogP contribution in [0.1, 0.15) is 27.2 Å². The van der Waals surface area contributed by atoms with Crippen molar-refractivity contribution in [3.8, 4) is 11.1 Å². The molecule has 0 amide bonds. The minimum absolute atomic E-state index is 0.370. The molecule has 19 heavy (non-hydrogen) atoms. The Balaban J connectivity index is 2.14. The highest BCUT2D eigenvalue weighted by molar-refractivity contribution is 5.77. The van der Waals surface area contributed by atoms with Gasteiger partial charge in [-0.15, -0.1) is 0 Å². The van der Waals surface area contributed by atoms with Crippen LogP contribution in [0.3, 0.4) is 0 Å². The van der Waals surface area contributed by atoms with Crippen molar-refractivity contribution in [3.05, 3.63) is 54.6 Å². The number of hydrogen-bond donors (Lipinski definition) is 1. The fraction of sp³-hybridized carbons (Fsp3) is 0.333. The van der Waals surface area contributed by atoms with Crippen molar-refractivity contribution < 1.29 is 0 Å². The summed E-state index contributed by atoms with van der Waals surface area (Å²) in [6, 6.07) is 19.1. The lowest BCUT2D eigenvalue weighted by atomic mass is 9.92. The van der Waals surface area contributed by atoms with E-state index in [4.69, 9.17) is 0 Å². The first kappa shape index (κ1) is 13.7. The van der Waals surface area contributed by atoms with Gasteiger partial charge in [-0.25, -0.2) is 0 Å². The quantitative estimate of drug-likeness (QED) is 0.789. The molecule has 100 valence electrons. The van der Waals surface area contributed by atoms with Gasteiger partial charge in [-0.2, -0.15) is 0 Å². The van der Waals surface area contributed by atoms with Gasteiger partial charge in [0.05, 0.1) is 0 Å². The number of rotatable bonds is 4. The summed E-state index contributed by atoms with van der Waals surface area (Å²) in [7, 11) is 0. The van der Waals surface area contributed by atoms with Crippen LogP contribution in [0.4, 0.5) is 5.69 Å². The van der Waals surface area contributed by atoms with Gasteiger partial charge in [-0.05, 0) is 23.5 Å². The van der Waals surface area contributed by atoms with Crippen LogP contribution in [0.5, 0.6) is 0 Å². The lowest BCUT2D eigenvalue weighted by Crippen LogP contribution is -2.13. The third-order valence-corrected chi connectivity index (χ3v) is 3.20. The summed E-state index contributed by atoms with van der Waals surface area (Å²) in [5.74, 6) is 0. The molecule has 1 nitrogen and oxygen atoms in total. The molecular formula is C18H23N. The Morgan fingerprint density at radius 1 is 0.842 bits per heavy atom. The zero-order valence-electron chi connectivity index (χ0n) is 12.1. The molecule has 1 N–H and O–H groups in total. The van der Waals surface area contributed by atoms with Crippen LogP contribution in [0.25, 0.3) is 11.1 Å². The van der Waals surface area contributed by atoms with Crippen molar-refractivity contribution in [1.29, 1.82) is 0 Å². The predicted octanol–water partition coefficient (Wildman–Crippen LogP) is 5.20. The van der Waals surface area contributed by atoms with Gasteiger partial charge in [-0.1, -0.05) is 69.3 Å². The predicted molar refractivity (Wildman–Crippen MR) is 84.4 cm³/mol. The second kappa shape index (κ2) is 5.92. The minimum atomic E-state index is 0.370. The van der Waals surface area contributed by atoms with Crippen LogP contribution in [0.2, 0.25) is 0 Å². The highest BCUT2D eigenvalue weighted by atomic mass is 14.9. The molecule has 0 fully saturated rings. The van der Waals surface area contributed by atoms with Crippen LogP contribution >= 0.6 is 0 Å². The molecule has 0 aliphatic carbocycles. The number of anilines is 1. The van der Waals surface area contributed by atoms with Gasteiger partial charge in [0.1, 0.15) is 0 Å². The van der Waals surface area contributed by atoms with E-state index in [9.17, 15) is 0 Å². The van der Waals surface area contributed by atoms with Crippen molar-refractivity contribution >= 4 is 5.69 Å². The maximum Gasteiger partial charge on any atom is 0.0419 e. The van der Waals surface area contributed by atoms with E-state index in [1.54, 1.807) is 0 Å². The lowest BCUT2D eigenvalue weighted by Gasteiger charge is -2.19. The van der Waals surface area contributed by atoms with E-state index < -0.39 is 0 Å². The molecule has 0 bridgehead atoms. The number of para-hydroxylation sites is 1. The van der Waals surface area contributed by atoms with Gasteiger partial charge < -0.3 is 5.32 Å². The fourth-order valence-corrected chi connectivity index (χ4v) is 2.08. The lowest BCUT2D eigenvalue weighted by molar-refractivity contribution is 0.390. The molecule has 0 saturated heterocycles. The molecule has 0 unspecified atom stereocenters. The summed E-state index contributed by atoms with van der Waals surface area (Å²) in [4.78, 5) is 0. The summed E-state index contributed by atoms with van der Waals surface area (Å²) in [5, 5.41) is 3.57. The molecule has 0 spiro atoms. The maximum atomic E-state index is 3.57. The topological polar surface area (TPSA) is 12.0 Å². The van der Waals surface area contributed by atoms with Crippen molar-refractivity contribution in [2.75, 3.05) is 11.9 Å². The van der Waals surface area contributed by atoms with E-state index in [1.807, 2.05) is 0 Å². The van der Waals surface area contributed by atoms with Crippen molar-refractivity contribution in [2.24, 2.45) is 5.41 Å². The first-order chi connectivity index (χ1) is 9.06. The van der Waals surface area contributed by atoms with Gasteiger partial charge in [0.15, 0.2) is 0 Å². The van der Waals surface area contributed by atoms with Gasteiger partial charge in [0.25, 0.3) is 0 Å². The van der Waals surface area contributed by atoms with E-state index in [2.05, 4.69) is 80.7 Å². The molecule has 0 atom stereocenters. The first-order valence-corrected chi connectivity index (χ1v) is 6.95. The zero-order valence-corrected chi connectivity index (χ0v) is 12.1. The van der Waals surface area contributed by atoms with Crippen LogP contribution in [-0.2, 0) is 0 Å². The highest BCUT2D eigenvalue weighted by Crippen LogP contribution is 2.28. The van der Waals surface area contributed by atoms with Gasteiger partial charge >= 0.3 is 0 Å². The average Bonchev–Trinajstić information content (AvgIpc) is 2.39. The summed E-state index contributed by atoms with van der Waals surface area (Å²) < 4.78 is 0. The number of nitrogens with one attached hydrogen (secondary N) is 1. The van der Waals surface area contributed by atoms with E-state index in [-0.39, 0.29) is 0 Å². The summed E-state index contributed by atoms with van der Waals surface area (Å²) in [6.07, 6.45) is 1.16. The first-order valence-electron chi connectivity index (χ1n) is 6.95. The van der Waals surface area contributed by atoms with Crippen LogP contribution < -0.4 is 5.32 Å². The van der Waals surface area contributed by atoms with Crippen LogP contribution in [-0.4, -0.2) is 6.54 Å². The minimum Gasteiger partial charge on any atom is -0.385 e. The van der Waals surface area contributed by atoms with E-state index in [1.165, 1.54) is 16.8 Å². The molecular weight excluding hydrogens is 230 g/mol. The summed E-state index contributed by atoms with van der Waals surface area (Å²) >= 11 is 0. The van der Waals surface area contributed by atoms with E-state index in [0.29, 0.717) is 5.41 Å². The Hall–Kier alpha value is -1.76. The third-order valence-electron chi connectivity index (χ3n) is 3.20. The van der Waals surface area contributed by atoms with Crippen LogP contribution in [0, 0.1) is 5.41 Å². The second-order valence-electron chi connectivity index (χ2n) is 6.15. The molecule has 2 aromatic carbocycles. The molecule has 2 rings (SSSR count). The van der Waals surface area contributed by atoms with Crippen molar-refractivity contribution in [3.63, 3.8) is 0 Å². The summed E-state index contributed by atoms with van der Waals surface area (Å²) in [5.41, 5.74) is 4.13. The van der Waals surface area contributed by atoms with E-state index in [0.717, 1.165) is 13.0 Å². The smallest absolute Gasteiger partial charge is 0.0419 e. The average molecular weight is 253 g/mol. The molecule has 0 aromatic heterocycles. The molecule has 1 heteroatoms. The van der Waals surface area contributed by atoms with Crippen molar-refractivity contribution in [1.82, 2.24) is 0 Å². The molecule has 0 saturated carbocycles. The normalized spacial score (nSPS) is 11.3. The molecule has 0 heterocycles. The fourth-order valence-electron chi connectivity index (χ4n) is 2.08. The number of hydrogen-bond acceptors (Lipinski definition) is 1. The third kappa shape index (κ3) is 4.13. The Kier molecular flexibility index (Phi) is 4.26. The van der Waals surface area contributed by atoms with Gasteiger partial charge in [0, 0.05) is 17.8 Å². The SMILES string of the molecule is CC(C)(C)CCNc1ccccc1-c1ccccc1. The molecule has 0 aliphatic rings. The van der Waals surface area contributed by atoms with Crippen LogP contribution in [0.15, 0.2) is 54.6 Å². The monoisotopic (exact) mass is 253 g/mol. The second-order valence-corrected chi connectivity index (χ2v) is 6.15. The van der Waals surface area contributed by atoms with Gasteiger partial charge in [0.2, 0.25) is 0 Å². The standard InChI is InChI=1S/C18H23N/c1-18(2,3)13-14-19-17-12-8-7-11-16(17)15-9-5-4-6-10-15/h4-12,19H,13-14H2,1-3H3. The summed E-state index contributed by atoms with van der Waals surface area (Å²) in [6.45, 7) is 7.83. The zero-order chi connectivity index (χ0) is 13.7. The van der Waals surface area contributed by atoms with E-state index >= 15 is 0 Å². The Morgan fingerprint density at radius 2 is 1.47 bits per heavy atom. The Labute approximate surface area is 116 Å². The Morgan fingerprint density at radius 3 is 2.16 bits per heavy atom.